The molecule has 1 aromatic rings. The van der Waals surface area contributed by atoms with Gasteiger partial charge in [-0.05, 0) is 12.0 Å². The lowest BCUT2D eigenvalue weighted by atomic mass is 10.1. The van der Waals surface area contributed by atoms with Gasteiger partial charge in [0.05, 0.1) is 0 Å². The normalized spacial score (nSPS) is 10.5. The van der Waals surface area contributed by atoms with Crippen molar-refractivity contribution in [3.05, 3.63) is 35.9 Å². The van der Waals surface area contributed by atoms with Crippen molar-refractivity contribution in [2.75, 3.05) is 6.54 Å². The monoisotopic (exact) mass is 370 g/mol. The Hall–Kier alpha value is -3.18. The zero-order valence-corrected chi connectivity index (χ0v) is 13.9. The van der Waals surface area contributed by atoms with E-state index < -0.39 is 36.5 Å². The molecule has 0 aliphatic rings. The van der Waals surface area contributed by atoms with Crippen LogP contribution in [0.25, 0.3) is 0 Å². The van der Waals surface area contributed by atoms with E-state index in [9.17, 15) is 19.2 Å². The first-order chi connectivity index (χ1) is 12.4. The summed E-state index contributed by atoms with van der Waals surface area (Å²) in [6.45, 7) is -0.599. The van der Waals surface area contributed by atoms with Gasteiger partial charge < -0.3 is 31.4 Å². The highest BCUT2D eigenvalue weighted by Crippen LogP contribution is 2.02. The zero-order chi connectivity index (χ0) is 19.9. The van der Waals surface area contributed by atoms with Gasteiger partial charge in [0.25, 0.3) is 0 Å². The van der Waals surface area contributed by atoms with Crippen molar-refractivity contribution in [1.29, 1.82) is 0 Å². The van der Waals surface area contributed by atoms with Crippen molar-refractivity contribution in [1.82, 2.24) is 10.6 Å². The number of nitrogens with two attached hydrogens (primary N) is 2. The maximum Gasteiger partial charge on any atom is 0.408 e. The van der Waals surface area contributed by atoms with Crippen LogP contribution in [-0.4, -0.2) is 46.8 Å². The molecule has 1 aromatic carbocycles. The summed E-state index contributed by atoms with van der Waals surface area (Å²) in [5.74, 6) is 0.879. The Kier molecular flexibility index (Phi) is 11.5. The first-order valence-electron chi connectivity index (χ1n) is 7.39. The third-order valence-corrected chi connectivity index (χ3v) is 2.91. The quantitative estimate of drug-likeness (QED) is 0.300. The van der Waals surface area contributed by atoms with Gasteiger partial charge in [0, 0.05) is 6.42 Å². The Bertz CT molecular complexity index is 595. The smallest absolute Gasteiger partial charge is 0.408 e. The second-order valence-corrected chi connectivity index (χ2v) is 4.88. The Morgan fingerprint density at radius 3 is 2.27 bits per heavy atom. The molecule has 11 nitrogen and oxygen atoms in total. The van der Waals surface area contributed by atoms with Crippen LogP contribution in [0.15, 0.2) is 30.3 Å². The van der Waals surface area contributed by atoms with Crippen LogP contribution in [0, 0.1) is 0 Å². The number of ether oxygens (including phenoxy) is 1. The number of rotatable bonds is 9. The second-order valence-electron chi connectivity index (χ2n) is 4.88. The largest absolute Gasteiger partial charge is 0.480 e. The first-order valence-corrected chi connectivity index (χ1v) is 7.39. The molecule has 8 N–H and O–H groups in total. The third kappa shape index (κ3) is 10.6. The van der Waals surface area contributed by atoms with Crippen molar-refractivity contribution >= 4 is 23.9 Å². The molecule has 0 unspecified atom stereocenters. The number of hydrogen-bond acceptors (Lipinski definition) is 7. The van der Waals surface area contributed by atoms with Crippen LogP contribution >= 0.6 is 0 Å². The van der Waals surface area contributed by atoms with Crippen LogP contribution in [0.5, 0.6) is 0 Å². The molecule has 144 valence electrons. The summed E-state index contributed by atoms with van der Waals surface area (Å²) in [4.78, 5) is 45.0. The lowest BCUT2D eigenvalue weighted by molar-refractivity contribution is -0.138. The summed E-state index contributed by atoms with van der Waals surface area (Å²) in [6.07, 6.45) is -1.08. The van der Waals surface area contributed by atoms with E-state index in [1.807, 2.05) is 6.07 Å². The highest BCUT2D eigenvalue weighted by molar-refractivity contribution is 5.88. The highest BCUT2D eigenvalue weighted by Gasteiger charge is 2.22. The summed E-state index contributed by atoms with van der Waals surface area (Å²) in [5, 5.41) is 19.5. The molecular formula is C15H22N4O7. The Morgan fingerprint density at radius 1 is 1.12 bits per heavy atom. The van der Waals surface area contributed by atoms with E-state index in [-0.39, 0.29) is 19.4 Å². The topological polar surface area (TPSA) is 194 Å². The fraction of sp³-hybridized carbons (Fsp3) is 0.333. The molecule has 26 heavy (non-hydrogen) atoms. The average molecular weight is 370 g/mol. The first kappa shape index (κ1) is 22.8. The Labute approximate surface area is 149 Å². The molecule has 0 aromatic heterocycles. The number of alkyl carbamates (subject to hydrolysis) is 1. The number of carboxylic acids is 1. The summed E-state index contributed by atoms with van der Waals surface area (Å²) < 4.78 is 4.98. The van der Waals surface area contributed by atoms with Crippen molar-refractivity contribution in [3.8, 4) is 0 Å². The molecule has 11 heteroatoms. The van der Waals surface area contributed by atoms with E-state index in [0.717, 1.165) is 5.56 Å². The number of benzene rings is 1. The van der Waals surface area contributed by atoms with Crippen LogP contribution in [0.4, 0.5) is 4.79 Å². The number of amides is 3. The molecule has 1 rings (SSSR count). The highest BCUT2D eigenvalue weighted by atomic mass is 16.5. The molecule has 0 saturated carbocycles. The lowest BCUT2D eigenvalue weighted by Crippen LogP contribution is -2.48. The van der Waals surface area contributed by atoms with Crippen LogP contribution in [0.3, 0.4) is 0 Å². The van der Waals surface area contributed by atoms with E-state index in [0.29, 0.717) is 0 Å². The van der Waals surface area contributed by atoms with E-state index >= 15 is 0 Å². The molecule has 0 aliphatic carbocycles. The molecule has 0 bridgehead atoms. The fourth-order valence-electron chi connectivity index (χ4n) is 1.75. The number of aliphatic carboxylic acids is 1. The van der Waals surface area contributed by atoms with Crippen molar-refractivity contribution < 1.29 is 34.2 Å². The minimum absolute atomic E-state index is 0.00591. The van der Waals surface area contributed by atoms with E-state index in [1.165, 1.54) is 0 Å². The molecule has 0 saturated heterocycles. The van der Waals surface area contributed by atoms with Crippen LogP contribution in [-0.2, 0) is 25.7 Å². The van der Waals surface area contributed by atoms with E-state index in [2.05, 4.69) is 16.5 Å². The van der Waals surface area contributed by atoms with Crippen molar-refractivity contribution in [3.63, 3.8) is 0 Å². The third-order valence-electron chi connectivity index (χ3n) is 2.91. The Morgan fingerprint density at radius 2 is 1.73 bits per heavy atom. The summed E-state index contributed by atoms with van der Waals surface area (Å²) in [6, 6.07) is 7.78. The predicted molar refractivity (Wildman–Crippen MR) is 88.6 cm³/mol. The predicted octanol–water partition coefficient (Wildman–Crippen LogP) is -0.918. The molecule has 3 amide bonds. The average Bonchev–Trinajstić information content (AvgIpc) is 2.63. The maximum absolute atomic E-state index is 11.9. The zero-order valence-electron chi connectivity index (χ0n) is 13.9. The van der Waals surface area contributed by atoms with Gasteiger partial charge in [0.1, 0.15) is 19.2 Å². The van der Waals surface area contributed by atoms with Gasteiger partial charge >= 0.3 is 12.1 Å². The van der Waals surface area contributed by atoms with Crippen LogP contribution < -0.4 is 22.3 Å². The minimum atomic E-state index is -1.23. The molecule has 0 spiro atoms. The molecule has 0 radical (unpaired) electrons. The van der Waals surface area contributed by atoms with Gasteiger partial charge in [0.2, 0.25) is 11.8 Å². The Balaban J connectivity index is 0.00000301. The van der Waals surface area contributed by atoms with Crippen molar-refractivity contribution in [2.45, 2.75) is 25.5 Å². The van der Waals surface area contributed by atoms with E-state index in [1.54, 1.807) is 24.3 Å². The lowest BCUT2D eigenvalue weighted by Gasteiger charge is -2.17. The molecule has 0 aliphatic heterocycles. The number of hydrogen-bond donors (Lipinski definition) is 6. The number of carboxylic acid groups (broad SMARTS) is 1. The van der Waals surface area contributed by atoms with Crippen LogP contribution in [0.1, 0.15) is 18.4 Å². The van der Waals surface area contributed by atoms with Crippen LogP contribution in [0.2, 0.25) is 0 Å². The SMILES string of the molecule is NC(=O)CC[C@H](NC(=O)OCc1ccccc1)C(=O)NCC(=O)O.NO. The summed E-state index contributed by atoms with van der Waals surface area (Å²) >= 11 is 0. The number of carbonyl (C=O) groups excluding carboxylic acids is 3. The molecule has 1 atom stereocenters. The van der Waals surface area contributed by atoms with Gasteiger partial charge in [0.15, 0.2) is 0 Å². The van der Waals surface area contributed by atoms with Gasteiger partial charge in [-0.25, -0.2) is 10.7 Å². The molecule has 0 fully saturated rings. The minimum Gasteiger partial charge on any atom is -0.480 e. The fourth-order valence-corrected chi connectivity index (χ4v) is 1.75. The number of carbonyl (C=O) groups is 4. The van der Waals surface area contributed by atoms with Gasteiger partial charge in [-0.2, -0.15) is 0 Å². The molecule has 0 heterocycles. The van der Waals surface area contributed by atoms with Crippen molar-refractivity contribution in [2.24, 2.45) is 11.6 Å². The van der Waals surface area contributed by atoms with Gasteiger partial charge in [-0.3, -0.25) is 14.4 Å². The number of primary amides is 1. The summed E-state index contributed by atoms with van der Waals surface area (Å²) in [5.41, 5.74) is 5.78. The summed E-state index contributed by atoms with van der Waals surface area (Å²) in [7, 11) is 0. The second kappa shape index (κ2) is 13.1. The molecular weight excluding hydrogens is 348 g/mol. The van der Waals surface area contributed by atoms with Gasteiger partial charge in [-0.1, -0.05) is 30.3 Å². The number of nitrogens with one attached hydrogen (secondary N) is 2. The maximum atomic E-state index is 11.9. The standard InChI is InChI=1S/C15H19N3O6.H3NO/c16-12(19)7-6-11(14(22)17-8-13(20)21)18-15(23)24-9-10-4-2-1-3-5-10;1-2/h1-5,11H,6-9H2,(H2,16,19)(H,17,22)(H,18,23)(H,20,21);2H,1H2/t11-;/m0./s1. The van der Waals surface area contributed by atoms with Gasteiger partial charge in [-0.15, -0.1) is 0 Å². The van der Waals surface area contributed by atoms with E-state index in [4.69, 9.17) is 20.8 Å².